The molecule has 1 heterocycles. The minimum absolute atomic E-state index is 0.00895. The van der Waals surface area contributed by atoms with Gasteiger partial charge in [-0.1, -0.05) is 12.7 Å². The Morgan fingerprint density at radius 1 is 1.53 bits per heavy atom. The number of nitrogens with two attached hydrogens (primary N) is 1. The normalized spacial score (nSPS) is 10.1. The van der Waals surface area contributed by atoms with Gasteiger partial charge in [0.25, 0.3) is 0 Å². The minimum Gasteiger partial charge on any atom is -0.489 e. The van der Waals surface area contributed by atoms with Crippen LogP contribution < -0.4 is 15.8 Å². The van der Waals surface area contributed by atoms with Crippen LogP contribution in [0.4, 0.5) is 10.5 Å². The smallest absolute Gasteiger partial charge is 0.316 e. The summed E-state index contributed by atoms with van der Waals surface area (Å²) in [5.41, 5.74) is 5.73. The Hall–Kier alpha value is -2.76. The molecule has 19 heavy (non-hydrogen) atoms. The molecule has 0 bridgehead atoms. The number of amides is 2. The van der Waals surface area contributed by atoms with Crippen molar-refractivity contribution in [2.24, 2.45) is 5.73 Å². The van der Waals surface area contributed by atoms with Crippen molar-refractivity contribution in [3.63, 3.8) is 0 Å². The summed E-state index contributed by atoms with van der Waals surface area (Å²) < 4.78 is 10.7. The zero-order valence-corrected chi connectivity index (χ0v) is 10.0. The molecule has 0 fully saturated rings. The molecule has 6 nitrogen and oxygen atoms in total. The first-order valence-electron chi connectivity index (χ1n) is 5.47. The molecule has 2 amide bonds. The molecule has 0 saturated carbocycles. The number of ether oxygens (including phenoxy) is 1. The van der Waals surface area contributed by atoms with Gasteiger partial charge in [0, 0.05) is 11.5 Å². The van der Waals surface area contributed by atoms with Crippen molar-refractivity contribution < 1.29 is 18.7 Å². The average Bonchev–Trinajstić information content (AvgIpc) is 2.73. The second-order valence-corrected chi connectivity index (χ2v) is 3.71. The Bertz CT molecular complexity index is 645. The number of urea groups is 1. The molecule has 0 spiro atoms. The molecule has 0 atom stereocenters. The lowest BCUT2D eigenvalue weighted by Gasteiger charge is -2.02. The van der Waals surface area contributed by atoms with E-state index >= 15 is 0 Å². The predicted molar refractivity (Wildman–Crippen MR) is 70.5 cm³/mol. The first-order valence-corrected chi connectivity index (χ1v) is 5.47. The number of rotatable bonds is 5. The van der Waals surface area contributed by atoms with Gasteiger partial charge in [0.05, 0.1) is 0 Å². The fourth-order valence-corrected chi connectivity index (χ4v) is 1.68. The van der Waals surface area contributed by atoms with Gasteiger partial charge in [-0.3, -0.25) is 4.79 Å². The third kappa shape index (κ3) is 2.57. The van der Waals surface area contributed by atoms with Gasteiger partial charge in [0.15, 0.2) is 12.0 Å². The van der Waals surface area contributed by atoms with Gasteiger partial charge < -0.3 is 20.2 Å². The maximum absolute atomic E-state index is 10.9. The Labute approximate surface area is 108 Å². The maximum atomic E-state index is 10.9. The fraction of sp³-hybridized carbons (Fsp3) is 0.0769. The van der Waals surface area contributed by atoms with Crippen LogP contribution in [0.15, 0.2) is 35.3 Å². The van der Waals surface area contributed by atoms with Gasteiger partial charge in [0.2, 0.25) is 0 Å². The van der Waals surface area contributed by atoms with E-state index in [2.05, 4.69) is 11.9 Å². The van der Waals surface area contributed by atoms with E-state index in [1.54, 1.807) is 24.3 Å². The molecule has 3 N–H and O–H groups in total. The van der Waals surface area contributed by atoms with Crippen molar-refractivity contribution >= 4 is 29.0 Å². The van der Waals surface area contributed by atoms with Crippen molar-refractivity contribution in [2.45, 2.75) is 0 Å². The third-order valence-electron chi connectivity index (χ3n) is 2.41. The van der Waals surface area contributed by atoms with Crippen LogP contribution in [-0.4, -0.2) is 18.9 Å². The minimum atomic E-state index is -0.766. The van der Waals surface area contributed by atoms with Crippen LogP contribution in [0.1, 0.15) is 10.6 Å². The number of fused-ring (bicyclic) bond motifs is 1. The zero-order valence-electron chi connectivity index (χ0n) is 10.0. The summed E-state index contributed by atoms with van der Waals surface area (Å²) in [5, 5.41) is 2.94. The first-order chi connectivity index (χ1) is 9.15. The lowest BCUT2D eigenvalue weighted by atomic mass is 10.2. The number of hydrogen-bond acceptors (Lipinski definition) is 4. The summed E-state index contributed by atoms with van der Waals surface area (Å²) in [5.74, 6) is 0.582. The van der Waals surface area contributed by atoms with Crippen molar-refractivity contribution in [3.05, 3.63) is 36.6 Å². The summed E-state index contributed by atoms with van der Waals surface area (Å²) >= 11 is 0. The largest absolute Gasteiger partial charge is 0.489 e. The SMILES string of the molecule is C=CCOc1ccc2c(NC(N)=O)c(C=O)oc2c1. The number of furan rings is 1. The zero-order chi connectivity index (χ0) is 13.8. The lowest BCUT2D eigenvalue weighted by Crippen LogP contribution is -2.19. The molecule has 1 aromatic heterocycles. The highest BCUT2D eigenvalue weighted by Crippen LogP contribution is 2.32. The van der Waals surface area contributed by atoms with E-state index in [1.165, 1.54) is 0 Å². The number of aldehydes is 1. The molecular weight excluding hydrogens is 248 g/mol. The molecule has 2 rings (SSSR count). The Morgan fingerprint density at radius 3 is 2.95 bits per heavy atom. The molecule has 0 unspecified atom stereocenters. The van der Waals surface area contributed by atoms with Crippen molar-refractivity contribution in [3.8, 4) is 5.75 Å². The summed E-state index contributed by atoms with van der Waals surface area (Å²) in [7, 11) is 0. The highest BCUT2D eigenvalue weighted by Gasteiger charge is 2.15. The molecule has 0 aliphatic heterocycles. The Balaban J connectivity index is 2.47. The van der Waals surface area contributed by atoms with E-state index in [9.17, 15) is 9.59 Å². The van der Waals surface area contributed by atoms with Gasteiger partial charge in [0.1, 0.15) is 23.6 Å². The van der Waals surface area contributed by atoms with Crippen molar-refractivity contribution in [1.82, 2.24) is 0 Å². The van der Waals surface area contributed by atoms with Crippen LogP contribution in [0.3, 0.4) is 0 Å². The summed E-state index contributed by atoms with van der Waals surface area (Å²) in [6.07, 6.45) is 2.12. The molecular formula is C13H12N2O4. The molecule has 1 aromatic carbocycles. The summed E-state index contributed by atoms with van der Waals surface area (Å²) in [6.45, 7) is 3.91. The van der Waals surface area contributed by atoms with Gasteiger partial charge in [-0.25, -0.2) is 4.79 Å². The predicted octanol–water partition coefficient (Wildman–Crippen LogP) is 2.30. The van der Waals surface area contributed by atoms with Crippen LogP contribution in [0.2, 0.25) is 0 Å². The quantitative estimate of drug-likeness (QED) is 0.637. The standard InChI is InChI=1S/C13H12N2O4/c1-2-5-18-8-3-4-9-10(6-8)19-11(7-16)12(9)15-13(14)17/h2-4,6-7H,1,5H2,(H3,14,15,17). The van der Waals surface area contributed by atoms with Crippen LogP contribution in [0.5, 0.6) is 5.75 Å². The number of nitrogens with one attached hydrogen (secondary N) is 1. The highest BCUT2D eigenvalue weighted by molar-refractivity contribution is 6.06. The average molecular weight is 260 g/mol. The van der Waals surface area contributed by atoms with E-state index in [-0.39, 0.29) is 11.4 Å². The Morgan fingerprint density at radius 2 is 2.32 bits per heavy atom. The van der Waals surface area contributed by atoms with Crippen molar-refractivity contribution in [2.75, 3.05) is 11.9 Å². The third-order valence-corrected chi connectivity index (χ3v) is 2.41. The second-order valence-electron chi connectivity index (χ2n) is 3.71. The highest BCUT2D eigenvalue weighted by atomic mass is 16.5. The number of carbonyl (C=O) groups excluding carboxylic acids is 2. The van der Waals surface area contributed by atoms with Crippen LogP contribution >= 0.6 is 0 Å². The fourth-order valence-electron chi connectivity index (χ4n) is 1.68. The lowest BCUT2D eigenvalue weighted by molar-refractivity contribution is 0.110. The van der Waals surface area contributed by atoms with Crippen LogP contribution in [0, 0.1) is 0 Å². The van der Waals surface area contributed by atoms with Crippen molar-refractivity contribution in [1.29, 1.82) is 0 Å². The van der Waals surface area contributed by atoms with E-state index in [1.807, 2.05) is 0 Å². The monoisotopic (exact) mass is 260 g/mol. The molecule has 0 aliphatic rings. The molecule has 98 valence electrons. The number of hydrogen-bond donors (Lipinski definition) is 2. The van der Waals surface area contributed by atoms with E-state index in [0.29, 0.717) is 29.6 Å². The number of primary amides is 1. The number of carbonyl (C=O) groups is 2. The van der Waals surface area contributed by atoms with Crippen LogP contribution in [0.25, 0.3) is 11.0 Å². The number of anilines is 1. The Kier molecular flexibility index (Phi) is 3.51. The molecule has 0 saturated heterocycles. The van der Waals surface area contributed by atoms with E-state index in [0.717, 1.165) is 0 Å². The number of benzene rings is 1. The molecule has 2 aromatic rings. The summed E-state index contributed by atoms with van der Waals surface area (Å²) in [4.78, 5) is 21.8. The molecule has 0 aliphatic carbocycles. The molecule has 0 radical (unpaired) electrons. The first kappa shape index (κ1) is 12.7. The molecule has 6 heteroatoms. The summed E-state index contributed by atoms with van der Waals surface area (Å²) in [6, 6.07) is 4.23. The van der Waals surface area contributed by atoms with Gasteiger partial charge in [-0.2, -0.15) is 0 Å². The maximum Gasteiger partial charge on any atom is 0.316 e. The second kappa shape index (κ2) is 5.26. The topological polar surface area (TPSA) is 94.6 Å². The van der Waals surface area contributed by atoms with E-state index in [4.69, 9.17) is 14.9 Å². The van der Waals surface area contributed by atoms with E-state index < -0.39 is 6.03 Å². The van der Waals surface area contributed by atoms with Crippen LogP contribution in [-0.2, 0) is 0 Å². The van der Waals surface area contributed by atoms with Gasteiger partial charge >= 0.3 is 6.03 Å². The van der Waals surface area contributed by atoms with Gasteiger partial charge in [-0.15, -0.1) is 0 Å². The van der Waals surface area contributed by atoms with Gasteiger partial charge in [-0.05, 0) is 12.1 Å².